The molecular formula is C7H14FNO2. The van der Waals surface area contributed by atoms with Crippen molar-refractivity contribution < 1.29 is 14.3 Å². The predicted molar refractivity (Wildman–Crippen MR) is 40.0 cm³/mol. The van der Waals surface area contributed by atoms with Crippen molar-refractivity contribution in [1.29, 1.82) is 0 Å². The van der Waals surface area contributed by atoms with Gasteiger partial charge in [0.05, 0.1) is 0 Å². The fraction of sp³-hybridized carbons (Fsp3) is 0.857. The quantitative estimate of drug-likeness (QED) is 0.608. The van der Waals surface area contributed by atoms with Crippen molar-refractivity contribution in [2.75, 3.05) is 0 Å². The van der Waals surface area contributed by atoms with E-state index in [0.29, 0.717) is 0 Å². The minimum atomic E-state index is -1.28. The van der Waals surface area contributed by atoms with Crippen LogP contribution in [0.5, 0.6) is 0 Å². The molecule has 0 aliphatic rings. The standard InChI is InChI=1S/C7H14FNO2/c1-4(2)6(7(10)11)9-5(3)8/h4-6,9H,1-3H3,(H,10,11). The summed E-state index contributed by atoms with van der Waals surface area (Å²) in [6.45, 7) is 4.74. The monoisotopic (exact) mass is 163 g/mol. The smallest absolute Gasteiger partial charge is 0.321 e. The first kappa shape index (κ1) is 10.4. The summed E-state index contributed by atoms with van der Waals surface area (Å²) >= 11 is 0. The van der Waals surface area contributed by atoms with Gasteiger partial charge in [-0.25, -0.2) is 4.39 Å². The number of halogens is 1. The first-order valence-corrected chi connectivity index (χ1v) is 3.58. The summed E-state index contributed by atoms with van der Waals surface area (Å²) in [4.78, 5) is 10.4. The van der Waals surface area contributed by atoms with Crippen molar-refractivity contribution in [1.82, 2.24) is 5.32 Å². The first-order valence-electron chi connectivity index (χ1n) is 3.58. The summed E-state index contributed by atoms with van der Waals surface area (Å²) in [6.07, 6.45) is -1.28. The maximum Gasteiger partial charge on any atom is 0.321 e. The van der Waals surface area contributed by atoms with Gasteiger partial charge in [0.15, 0.2) is 0 Å². The van der Waals surface area contributed by atoms with Crippen molar-refractivity contribution in [3.8, 4) is 0 Å². The number of carboxylic acids is 1. The fourth-order valence-electron chi connectivity index (χ4n) is 0.796. The van der Waals surface area contributed by atoms with E-state index in [9.17, 15) is 9.18 Å². The van der Waals surface area contributed by atoms with E-state index >= 15 is 0 Å². The first-order chi connectivity index (χ1) is 4.95. The molecule has 0 radical (unpaired) electrons. The van der Waals surface area contributed by atoms with Gasteiger partial charge in [-0.05, 0) is 12.8 Å². The van der Waals surface area contributed by atoms with Crippen LogP contribution in [0.15, 0.2) is 0 Å². The molecule has 0 aliphatic carbocycles. The molecule has 2 unspecified atom stereocenters. The third-order valence-corrected chi connectivity index (χ3v) is 1.34. The largest absolute Gasteiger partial charge is 0.480 e. The van der Waals surface area contributed by atoms with Gasteiger partial charge >= 0.3 is 5.97 Å². The summed E-state index contributed by atoms with van der Waals surface area (Å²) in [7, 11) is 0. The number of carbonyl (C=O) groups is 1. The molecule has 0 aromatic carbocycles. The van der Waals surface area contributed by atoms with Crippen molar-refractivity contribution in [2.45, 2.75) is 33.1 Å². The van der Waals surface area contributed by atoms with E-state index in [1.54, 1.807) is 13.8 Å². The van der Waals surface area contributed by atoms with Gasteiger partial charge in [0.2, 0.25) is 0 Å². The number of aliphatic carboxylic acids is 1. The highest BCUT2D eigenvalue weighted by molar-refractivity contribution is 5.73. The Morgan fingerprint density at radius 2 is 1.91 bits per heavy atom. The van der Waals surface area contributed by atoms with Crippen LogP contribution in [0.3, 0.4) is 0 Å². The third kappa shape index (κ3) is 3.93. The minimum Gasteiger partial charge on any atom is -0.480 e. The average molecular weight is 163 g/mol. The van der Waals surface area contributed by atoms with Gasteiger partial charge in [-0.15, -0.1) is 0 Å². The Kier molecular flexibility index (Phi) is 4.03. The Bertz CT molecular complexity index is 136. The van der Waals surface area contributed by atoms with Crippen molar-refractivity contribution >= 4 is 5.97 Å². The van der Waals surface area contributed by atoms with E-state index in [1.807, 2.05) is 0 Å². The normalized spacial score (nSPS) is 16.5. The number of nitrogens with one attached hydrogen (secondary N) is 1. The van der Waals surface area contributed by atoms with Gasteiger partial charge in [-0.3, -0.25) is 10.1 Å². The molecule has 11 heavy (non-hydrogen) atoms. The van der Waals surface area contributed by atoms with E-state index in [4.69, 9.17) is 5.11 Å². The molecule has 0 rings (SSSR count). The van der Waals surface area contributed by atoms with Crippen molar-refractivity contribution in [3.63, 3.8) is 0 Å². The van der Waals surface area contributed by atoms with E-state index in [-0.39, 0.29) is 5.92 Å². The number of hydrogen-bond donors (Lipinski definition) is 2. The van der Waals surface area contributed by atoms with Gasteiger partial charge < -0.3 is 5.11 Å². The van der Waals surface area contributed by atoms with Gasteiger partial charge in [0, 0.05) is 0 Å². The Balaban J connectivity index is 4.01. The third-order valence-electron chi connectivity index (χ3n) is 1.34. The summed E-state index contributed by atoms with van der Waals surface area (Å²) in [5.74, 6) is -1.12. The molecular weight excluding hydrogens is 149 g/mol. The minimum absolute atomic E-state index is 0.106. The number of alkyl halides is 1. The zero-order valence-corrected chi connectivity index (χ0v) is 6.97. The van der Waals surface area contributed by atoms with Crippen LogP contribution < -0.4 is 5.32 Å². The lowest BCUT2D eigenvalue weighted by atomic mass is 10.1. The molecule has 2 atom stereocenters. The Labute approximate surface area is 65.6 Å². The molecule has 0 saturated heterocycles. The molecule has 3 nitrogen and oxygen atoms in total. The van der Waals surface area contributed by atoms with Crippen LogP contribution in [0.2, 0.25) is 0 Å². The van der Waals surface area contributed by atoms with E-state index in [0.717, 1.165) is 0 Å². The molecule has 0 aromatic heterocycles. The van der Waals surface area contributed by atoms with Gasteiger partial charge in [0.1, 0.15) is 12.3 Å². The van der Waals surface area contributed by atoms with Crippen LogP contribution in [-0.2, 0) is 4.79 Å². The second kappa shape index (κ2) is 4.28. The molecule has 0 heterocycles. The SMILES string of the molecule is CC(F)NC(C(=O)O)C(C)C. The average Bonchev–Trinajstić information content (AvgIpc) is 1.81. The molecule has 0 amide bonds. The molecule has 0 saturated carbocycles. The van der Waals surface area contributed by atoms with E-state index < -0.39 is 18.3 Å². The Morgan fingerprint density at radius 1 is 1.45 bits per heavy atom. The molecule has 66 valence electrons. The molecule has 2 N–H and O–H groups in total. The number of carboxylic acid groups (broad SMARTS) is 1. The topological polar surface area (TPSA) is 49.3 Å². The summed E-state index contributed by atoms with van der Waals surface area (Å²) in [5, 5.41) is 10.9. The highest BCUT2D eigenvalue weighted by Crippen LogP contribution is 2.02. The fourth-order valence-corrected chi connectivity index (χ4v) is 0.796. The second-order valence-electron chi connectivity index (χ2n) is 2.84. The lowest BCUT2D eigenvalue weighted by molar-refractivity contribution is -0.141. The van der Waals surface area contributed by atoms with Crippen LogP contribution in [-0.4, -0.2) is 23.4 Å². The highest BCUT2D eigenvalue weighted by atomic mass is 19.1. The van der Waals surface area contributed by atoms with E-state index in [2.05, 4.69) is 5.32 Å². The Hall–Kier alpha value is -0.640. The summed E-state index contributed by atoms with van der Waals surface area (Å²) in [6, 6.07) is -0.796. The van der Waals surface area contributed by atoms with E-state index in [1.165, 1.54) is 6.92 Å². The lowest BCUT2D eigenvalue weighted by Gasteiger charge is -2.18. The molecule has 0 spiro atoms. The predicted octanol–water partition coefficient (Wildman–Crippen LogP) is 1.00. The van der Waals surface area contributed by atoms with Crippen LogP contribution in [0.4, 0.5) is 4.39 Å². The zero-order valence-electron chi connectivity index (χ0n) is 6.97. The number of hydrogen-bond acceptors (Lipinski definition) is 2. The van der Waals surface area contributed by atoms with Crippen LogP contribution in [0.25, 0.3) is 0 Å². The Morgan fingerprint density at radius 3 is 2.00 bits per heavy atom. The summed E-state index contributed by atoms with van der Waals surface area (Å²) in [5.41, 5.74) is 0. The van der Waals surface area contributed by atoms with Crippen LogP contribution in [0.1, 0.15) is 20.8 Å². The summed E-state index contributed by atoms with van der Waals surface area (Å²) < 4.78 is 12.3. The maximum atomic E-state index is 12.3. The van der Waals surface area contributed by atoms with Crippen LogP contribution >= 0.6 is 0 Å². The highest BCUT2D eigenvalue weighted by Gasteiger charge is 2.22. The van der Waals surface area contributed by atoms with Gasteiger partial charge in [-0.2, -0.15) is 0 Å². The molecule has 0 aromatic rings. The maximum absolute atomic E-state index is 12.3. The van der Waals surface area contributed by atoms with Crippen molar-refractivity contribution in [2.24, 2.45) is 5.92 Å². The zero-order chi connectivity index (χ0) is 9.02. The molecule has 0 bridgehead atoms. The van der Waals surface area contributed by atoms with Gasteiger partial charge in [0.25, 0.3) is 0 Å². The molecule has 0 fully saturated rings. The lowest BCUT2D eigenvalue weighted by Crippen LogP contribution is -2.43. The number of rotatable bonds is 4. The van der Waals surface area contributed by atoms with Gasteiger partial charge in [-0.1, -0.05) is 13.8 Å². The second-order valence-corrected chi connectivity index (χ2v) is 2.84. The van der Waals surface area contributed by atoms with Crippen molar-refractivity contribution in [3.05, 3.63) is 0 Å². The molecule has 0 aliphatic heterocycles. The molecule has 4 heteroatoms. The van der Waals surface area contributed by atoms with Crippen LogP contribution in [0, 0.1) is 5.92 Å².